The molecule has 0 heterocycles. The van der Waals surface area contributed by atoms with Crippen molar-refractivity contribution >= 4 is 21.9 Å². The van der Waals surface area contributed by atoms with Crippen LogP contribution in [0.2, 0.25) is 0 Å². The predicted octanol–water partition coefficient (Wildman–Crippen LogP) is 2.93. The number of rotatable bonds is 2. The van der Waals surface area contributed by atoms with E-state index in [2.05, 4.69) is 15.9 Å². The van der Waals surface area contributed by atoms with Gasteiger partial charge in [-0.1, -0.05) is 28.1 Å². The lowest BCUT2D eigenvalue weighted by Gasteiger charge is -2.12. The van der Waals surface area contributed by atoms with Gasteiger partial charge in [-0.3, -0.25) is 0 Å². The molecule has 1 rings (SSSR count). The molecule has 0 amide bonds. The van der Waals surface area contributed by atoms with Crippen LogP contribution >= 0.6 is 15.9 Å². The number of carbonyl (C=O) groups is 1. The van der Waals surface area contributed by atoms with Gasteiger partial charge >= 0.3 is 11.9 Å². The summed E-state index contributed by atoms with van der Waals surface area (Å²) in [4.78, 5) is 10.3. The zero-order valence-corrected chi connectivity index (χ0v) is 8.81. The lowest BCUT2D eigenvalue weighted by Crippen LogP contribution is -2.25. The first kappa shape index (κ1) is 11.1. The molecule has 14 heavy (non-hydrogen) atoms. The Morgan fingerprint density at radius 1 is 1.50 bits per heavy atom. The van der Waals surface area contributed by atoms with Crippen LogP contribution in [-0.2, 0) is 10.7 Å². The van der Waals surface area contributed by atoms with Gasteiger partial charge in [0.05, 0.1) is 0 Å². The second kappa shape index (κ2) is 3.65. The van der Waals surface area contributed by atoms with Gasteiger partial charge in [0, 0.05) is 10.0 Å². The molecule has 5 heteroatoms. The third-order valence-electron chi connectivity index (χ3n) is 1.80. The van der Waals surface area contributed by atoms with E-state index in [9.17, 15) is 13.6 Å². The van der Waals surface area contributed by atoms with Crippen LogP contribution in [0.5, 0.6) is 0 Å². The van der Waals surface area contributed by atoms with Crippen molar-refractivity contribution in [3.63, 3.8) is 0 Å². The van der Waals surface area contributed by atoms with E-state index in [-0.39, 0.29) is 0 Å². The Bertz CT molecular complexity index is 377. The van der Waals surface area contributed by atoms with E-state index >= 15 is 0 Å². The molecule has 0 spiro atoms. The fourth-order valence-corrected chi connectivity index (χ4v) is 1.29. The number of aryl methyl sites for hydroxylation is 1. The van der Waals surface area contributed by atoms with Crippen LogP contribution in [0, 0.1) is 6.92 Å². The van der Waals surface area contributed by atoms with Gasteiger partial charge in [-0.25, -0.2) is 4.79 Å². The maximum atomic E-state index is 13.0. The number of hydrogen-bond acceptors (Lipinski definition) is 1. The molecular weight excluding hydrogens is 258 g/mol. The Morgan fingerprint density at radius 2 is 2.07 bits per heavy atom. The molecule has 0 bridgehead atoms. The number of hydrogen-bond donors (Lipinski definition) is 1. The molecule has 0 radical (unpaired) electrons. The van der Waals surface area contributed by atoms with E-state index in [1.807, 2.05) is 0 Å². The van der Waals surface area contributed by atoms with Crippen molar-refractivity contribution in [2.75, 3.05) is 0 Å². The third kappa shape index (κ3) is 1.92. The van der Waals surface area contributed by atoms with E-state index in [0.29, 0.717) is 4.47 Å². The van der Waals surface area contributed by atoms with E-state index < -0.39 is 17.5 Å². The summed E-state index contributed by atoms with van der Waals surface area (Å²) in [5.41, 5.74) is 0.248. The van der Waals surface area contributed by atoms with E-state index in [0.717, 1.165) is 17.7 Å². The van der Waals surface area contributed by atoms with Crippen molar-refractivity contribution in [1.82, 2.24) is 0 Å². The zero-order chi connectivity index (χ0) is 10.9. The molecule has 0 saturated carbocycles. The molecule has 0 saturated heterocycles. The molecule has 2 nitrogen and oxygen atoms in total. The molecule has 0 aliphatic carbocycles. The Kier molecular flexibility index (Phi) is 2.89. The minimum Gasteiger partial charge on any atom is -0.477 e. The second-order valence-corrected chi connectivity index (χ2v) is 3.70. The number of alkyl halides is 2. The number of aliphatic carboxylic acids is 1. The van der Waals surface area contributed by atoms with Gasteiger partial charge in [-0.15, -0.1) is 0 Å². The van der Waals surface area contributed by atoms with Crippen LogP contribution in [0.15, 0.2) is 22.7 Å². The van der Waals surface area contributed by atoms with Crippen molar-refractivity contribution in [3.05, 3.63) is 33.8 Å². The maximum Gasteiger partial charge on any atom is 0.379 e. The average Bonchev–Trinajstić information content (AvgIpc) is 2.09. The van der Waals surface area contributed by atoms with E-state index in [1.165, 1.54) is 6.07 Å². The quantitative estimate of drug-likeness (QED) is 0.892. The molecule has 76 valence electrons. The largest absolute Gasteiger partial charge is 0.477 e. The number of carboxylic acid groups (broad SMARTS) is 1. The average molecular weight is 265 g/mol. The zero-order valence-electron chi connectivity index (χ0n) is 7.22. The summed E-state index contributed by atoms with van der Waals surface area (Å²) in [5.74, 6) is -5.98. The Hall–Kier alpha value is -0.970. The Balaban J connectivity index is 3.21. The van der Waals surface area contributed by atoms with Crippen molar-refractivity contribution in [2.24, 2.45) is 0 Å². The van der Waals surface area contributed by atoms with Crippen LogP contribution < -0.4 is 0 Å². The lowest BCUT2D eigenvalue weighted by molar-refractivity contribution is -0.166. The monoisotopic (exact) mass is 264 g/mol. The number of benzene rings is 1. The Labute approximate surface area is 87.7 Å². The summed E-state index contributed by atoms with van der Waals surface area (Å²) >= 11 is 3.06. The fraction of sp³-hybridized carbons (Fsp3) is 0.222. The SMILES string of the molecule is Cc1ccc(C(F)(F)C(=O)O)cc1Br. The van der Waals surface area contributed by atoms with E-state index in [1.54, 1.807) is 6.92 Å². The number of halogens is 3. The molecule has 1 N–H and O–H groups in total. The van der Waals surface area contributed by atoms with Gasteiger partial charge in [-0.05, 0) is 18.6 Å². The smallest absolute Gasteiger partial charge is 0.379 e. The van der Waals surface area contributed by atoms with Crippen molar-refractivity contribution < 1.29 is 18.7 Å². The van der Waals surface area contributed by atoms with Gasteiger partial charge in [0.2, 0.25) is 0 Å². The molecule has 0 aromatic heterocycles. The summed E-state index contributed by atoms with van der Waals surface area (Å²) in [5, 5.41) is 8.29. The number of carboxylic acids is 1. The standard InChI is InChI=1S/C9H7BrF2O2/c1-5-2-3-6(4-7(5)10)9(11,12)8(13)14/h2-4H,1H3,(H,13,14). The first-order valence-electron chi connectivity index (χ1n) is 3.73. The van der Waals surface area contributed by atoms with Crippen molar-refractivity contribution in [2.45, 2.75) is 12.8 Å². The van der Waals surface area contributed by atoms with Crippen LogP contribution in [0.4, 0.5) is 8.78 Å². The normalized spacial score (nSPS) is 11.4. The van der Waals surface area contributed by atoms with Gasteiger partial charge in [0.1, 0.15) is 0 Å². The predicted molar refractivity (Wildman–Crippen MR) is 50.4 cm³/mol. The summed E-state index contributed by atoms with van der Waals surface area (Å²) in [6.45, 7) is 1.73. The first-order valence-corrected chi connectivity index (χ1v) is 4.53. The minimum absolute atomic E-state index is 0.468. The van der Waals surface area contributed by atoms with Crippen molar-refractivity contribution in [3.8, 4) is 0 Å². The van der Waals surface area contributed by atoms with Crippen molar-refractivity contribution in [1.29, 1.82) is 0 Å². The molecular formula is C9H7BrF2O2. The minimum atomic E-state index is -3.84. The van der Waals surface area contributed by atoms with Crippen LogP contribution in [0.1, 0.15) is 11.1 Å². The summed E-state index contributed by atoms with van der Waals surface area (Å²) in [7, 11) is 0. The fourth-order valence-electron chi connectivity index (χ4n) is 0.912. The summed E-state index contributed by atoms with van der Waals surface area (Å²) < 4.78 is 26.4. The van der Waals surface area contributed by atoms with Gasteiger partial charge in [-0.2, -0.15) is 8.78 Å². The molecule has 0 unspecified atom stereocenters. The van der Waals surface area contributed by atoms with Gasteiger partial charge in [0.25, 0.3) is 0 Å². The van der Waals surface area contributed by atoms with Crippen LogP contribution in [0.25, 0.3) is 0 Å². The molecule has 1 aromatic rings. The topological polar surface area (TPSA) is 37.3 Å². The summed E-state index contributed by atoms with van der Waals surface area (Å²) in [6.07, 6.45) is 0. The lowest BCUT2D eigenvalue weighted by atomic mass is 10.1. The second-order valence-electron chi connectivity index (χ2n) is 2.84. The maximum absolute atomic E-state index is 13.0. The highest BCUT2D eigenvalue weighted by molar-refractivity contribution is 9.10. The third-order valence-corrected chi connectivity index (χ3v) is 2.66. The highest BCUT2D eigenvalue weighted by Crippen LogP contribution is 2.31. The molecule has 1 aromatic carbocycles. The molecule has 0 aliphatic rings. The Morgan fingerprint density at radius 3 is 2.50 bits per heavy atom. The molecule has 0 aliphatic heterocycles. The van der Waals surface area contributed by atoms with Crippen LogP contribution in [-0.4, -0.2) is 11.1 Å². The first-order chi connectivity index (χ1) is 6.35. The molecule has 0 fully saturated rings. The highest BCUT2D eigenvalue weighted by Gasteiger charge is 2.41. The van der Waals surface area contributed by atoms with E-state index in [4.69, 9.17) is 5.11 Å². The van der Waals surface area contributed by atoms with Crippen LogP contribution in [0.3, 0.4) is 0 Å². The van der Waals surface area contributed by atoms with Gasteiger partial charge in [0.15, 0.2) is 0 Å². The molecule has 0 atom stereocenters. The summed E-state index contributed by atoms with van der Waals surface area (Å²) in [6, 6.07) is 3.66. The highest BCUT2D eigenvalue weighted by atomic mass is 79.9. The van der Waals surface area contributed by atoms with Gasteiger partial charge < -0.3 is 5.11 Å².